The third-order valence-corrected chi connectivity index (χ3v) is 3.22. The highest BCUT2D eigenvalue weighted by molar-refractivity contribution is 5.81. The van der Waals surface area contributed by atoms with Crippen molar-refractivity contribution >= 4 is 28.4 Å². The van der Waals surface area contributed by atoms with Crippen LogP contribution in [0, 0.1) is 6.92 Å². The summed E-state index contributed by atoms with van der Waals surface area (Å²) < 4.78 is 0. The summed E-state index contributed by atoms with van der Waals surface area (Å²) in [4.78, 5) is 18.1. The SMILES string of the molecule is CNc1cc(N(C)c2ccc3nc(C)[nH]c3c2)ncn1. The van der Waals surface area contributed by atoms with E-state index in [2.05, 4.69) is 31.3 Å². The number of imidazole rings is 1. The number of nitrogens with one attached hydrogen (secondary N) is 2. The number of benzene rings is 1. The molecule has 0 aliphatic heterocycles. The number of fused-ring (bicyclic) bond motifs is 1. The summed E-state index contributed by atoms with van der Waals surface area (Å²) in [6.45, 7) is 1.95. The van der Waals surface area contributed by atoms with E-state index in [0.717, 1.165) is 34.2 Å². The monoisotopic (exact) mass is 268 g/mol. The van der Waals surface area contributed by atoms with Crippen molar-refractivity contribution in [1.82, 2.24) is 19.9 Å². The van der Waals surface area contributed by atoms with E-state index in [1.54, 1.807) is 6.33 Å². The first kappa shape index (κ1) is 12.4. The Bertz CT molecular complexity index is 748. The largest absolute Gasteiger partial charge is 0.373 e. The van der Waals surface area contributed by atoms with Crippen LogP contribution in [0.4, 0.5) is 17.3 Å². The van der Waals surface area contributed by atoms with Crippen LogP contribution in [-0.2, 0) is 0 Å². The smallest absolute Gasteiger partial charge is 0.138 e. The molecule has 0 aliphatic rings. The van der Waals surface area contributed by atoms with Crippen molar-refractivity contribution in [3.63, 3.8) is 0 Å². The summed E-state index contributed by atoms with van der Waals surface area (Å²) in [7, 11) is 3.82. The molecule has 0 amide bonds. The minimum Gasteiger partial charge on any atom is -0.373 e. The Balaban J connectivity index is 2.00. The van der Waals surface area contributed by atoms with Gasteiger partial charge in [-0.25, -0.2) is 15.0 Å². The Morgan fingerprint density at radius 1 is 1.20 bits per heavy atom. The molecule has 2 N–H and O–H groups in total. The van der Waals surface area contributed by atoms with Crippen molar-refractivity contribution < 1.29 is 0 Å². The molecule has 0 saturated heterocycles. The molecule has 102 valence electrons. The molecule has 6 heteroatoms. The van der Waals surface area contributed by atoms with Gasteiger partial charge in [0.2, 0.25) is 0 Å². The Morgan fingerprint density at radius 3 is 2.85 bits per heavy atom. The van der Waals surface area contributed by atoms with Crippen LogP contribution in [-0.4, -0.2) is 34.0 Å². The van der Waals surface area contributed by atoms with Crippen molar-refractivity contribution in [2.75, 3.05) is 24.3 Å². The van der Waals surface area contributed by atoms with Crippen LogP contribution in [0.3, 0.4) is 0 Å². The fraction of sp³-hybridized carbons (Fsp3) is 0.214. The van der Waals surface area contributed by atoms with Crippen LogP contribution in [0.5, 0.6) is 0 Å². The molecule has 2 aromatic heterocycles. The lowest BCUT2D eigenvalue weighted by atomic mass is 10.2. The molecule has 3 aromatic rings. The molecule has 0 aliphatic carbocycles. The zero-order valence-corrected chi connectivity index (χ0v) is 11.7. The van der Waals surface area contributed by atoms with E-state index in [0.29, 0.717) is 0 Å². The summed E-state index contributed by atoms with van der Waals surface area (Å²) in [5.74, 6) is 2.54. The third kappa shape index (κ3) is 2.16. The van der Waals surface area contributed by atoms with Crippen LogP contribution in [0.2, 0.25) is 0 Å². The lowest BCUT2D eigenvalue weighted by molar-refractivity contribution is 1.08. The maximum Gasteiger partial charge on any atom is 0.138 e. The topological polar surface area (TPSA) is 69.7 Å². The fourth-order valence-corrected chi connectivity index (χ4v) is 2.13. The Morgan fingerprint density at radius 2 is 2.05 bits per heavy atom. The number of nitrogens with zero attached hydrogens (tertiary/aromatic N) is 4. The number of aromatic amines is 1. The highest BCUT2D eigenvalue weighted by atomic mass is 15.2. The van der Waals surface area contributed by atoms with Crippen molar-refractivity contribution in [2.24, 2.45) is 0 Å². The number of hydrogen-bond acceptors (Lipinski definition) is 5. The Kier molecular flexibility index (Phi) is 2.98. The van der Waals surface area contributed by atoms with Gasteiger partial charge in [-0.2, -0.15) is 0 Å². The average molecular weight is 268 g/mol. The van der Waals surface area contributed by atoms with Gasteiger partial charge in [0.15, 0.2) is 0 Å². The van der Waals surface area contributed by atoms with E-state index < -0.39 is 0 Å². The second-order valence-corrected chi connectivity index (χ2v) is 4.59. The van der Waals surface area contributed by atoms with Crippen molar-refractivity contribution in [1.29, 1.82) is 0 Å². The second kappa shape index (κ2) is 4.80. The van der Waals surface area contributed by atoms with Gasteiger partial charge in [-0.1, -0.05) is 0 Å². The Hall–Kier alpha value is -2.63. The van der Waals surface area contributed by atoms with Gasteiger partial charge in [0.1, 0.15) is 23.8 Å². The molecular formula is C14H16N6. The van der Waals surface area contributed by atoms with Crippen molar-refractivity contribution in [3.8, 4) is 0 Å². The van der Waals surface area contributed by atoms with Gasteiger partial charge < -0.3 is 15.2 Å². The normalized spacial score (nSPS) is 10.8. The first-order valence-corrected chi connectivity index (χ1v) is 6.37. The summed E-state index contributed by atoms with van der Waals surface area (Å²) >= 11 is 0. The van der Waals surface area contributed by atoms with Gasteiger partial charge in [-0.05, 0) is 25.1 Å². The van der Waals surface area contributed by atoms with Gasteiger partial charge in [-0.3, -0.25) is 0 Å². The first-order valence-electron chi connectivity index (χ1n) is 6.37. The number of aryl methyl sites for hydroxylation is 1. The van der Waals surface area contributed by atoms with Gasteiger partial charge in [0.05, 0.1) is 11.0 Å². The van der Waals surface area contributed by atoms with Crippen LogP contribution in [0.15, 0.2) is 30.6 Å². The van der Waals surface area contributed by atoms with E-state index in [1.807, 2.05) is 44.1 Å². The average Bonchev–Trinajstić information content (AvgIpc) is 2.85. The molecule has 6 nitrogen and oxygen atoms in total. The van der Waals surface area contributed by atoms with Gasteiger partial charge in [0, 0.05) is 25.8 Å². The van der Waals surface area contributed by atoms with Crippen LogP contribution in [0.1, 0.15) is 5.82 Å². The van der Waals surface area contributed by atoms with Crippen LogP contribution >= 0.6 is 0 Å². The molecule has 2 heterocycles. The number of hydrogen-bond donors (Lipinski definition) is 2. The highest BCUT2D eigenvalue weighted by Gasteiger charge is 2.08. The highest BCUT2D eigenvalue weighted by Crippen LogP contribution is 2.25. The maximum atomic E-state index is 4.40. The van der Waals surface area contributed by atoms with Crippen LogP contribution < -0.4 is 10.2 Å². The quantitative estimate of drug-likeness (QED) is 0.763. The third-order valence-electron chi connectivity index (χ3n) is 3.22. The molecule has 3 rings (SSSR count). The summed E-state index contributed by atoms with van der Waals surface area (Å²) in [6.07, 6.45) is 1.55. The fourth-order valence-electron chi connectivity index (χ4n) is 2.13. The summed E-state index contributed by atoms with van der Waals surface area (Å²) in [5, 5.41) is 3.01. The van der Waals surface area contributed by atoms with E-state index in [4.69, 9.17) is 0 Å². The molecule has 0 atom stereocenters. The van der Waals surface area contributed by atoms with Gasteiger partial charge in [-0.15, -0.1) is 0 Å². The molecule has 20 heavy (non-hydrogen) atoms. The predicted molar refractivity (Wildman–Crippen MR) is 80.5 cm³/mol. The maximum absolute atomic E-state index is 4.40. The van der Waals surface area contributed by atoms with E-state index in [9.17, 15) is 0 Å². The van der Waals surface area contributed by atoms with E-state index >= 15 is 0 Å². The minimum absolute atomic E-state index is 0.792. The lowest BCUT2D eigenvalue weighted by Gasteiger charge is -2.18. The molecule has 0 radical (unpaired) electrons. The van der Waals surface area contributed by atoms with Gasteiger partial charge in [0.25, 0.3) is 0 Å². The lowest BCUT2D eigenvalue weighted by Crippen LogP contribution is -2.11. The zero-order chi connectivity index (χ0) is 14.1. The molecule has 0 bridgehead atoms. The molecule has 0 saturated carbocycles. The van der Waals surface area contributed by atoms with Crippen LogP contribution in [0.25, 0.3) is 11.0 Å². The summed E-state index contributed by atoms with van der Waals surface area (Å²) in [6, 6.07) is 8.01. The Labute approximate surface area is 116 Å². The summed E-state index contributed by atoms with van der Waals surface area (Å²) in [5.41, 5.74) is 3.04. The molecule has 0 fully saturated rings. The minimum atomic E-state index is 0.792. The molecular weight excluding hydrogens is 252 g/mol. The van der Waals surface area contributed by atoms with E-state index in [1.165, 1.54) is 0 Å². The second-order valence-electron chi connectivity index (χ2n) is 4.59. The number of anilines is 3. The molecule has 0 unspecified atom stereocenters. The first-order chi connectivity index (χ1) is 9.67. The number of H-pyrrole nitrogens is 1. The standard InChI is InChI=1S/C14H16N6/c1-9-18-11-5-4-10(6-12(11)19-9)20(3)14-7-13(15-2)16-8-17-14/h4-8H,1-3H3,(H,18,19)(H,15,16,17). The number of aromatic nitrogens is 4. The van der Waals surface area contributed by atoms with Crippen molar-refractivity contribution in [2.45, 2.75) is 6.92 Å². The predicted octanol–water partition coefficient (Wildman–Crippen LogP) is 2.47. The molecule has 0 spiro atoms. The zero-order valence-electron chi connectivity index (χ0n) is 11.7. The molecule has 1 aromatic carbocycles. The van der Waals surface area contributed by atoms with E-state index in [-0.39, 0.29) is 0 Å². The van der Waals surface area contributed by atoms with Gasteiger partial charge >= 0.3 is 0 Å². The number of rotatable bonds is 3. The van der Waals surface area contributed by atoms with Crippen molar-refractivity contribution in [3.05, 3.63) is 36.4 Å².